The van der Waals surface area contributed by atoms with Crippen molar-refractivity contribution in [2.24, 2.45) is 11.8 Å². The lowest BCUT2D eigenvalue weighted by molar-refractivity contribution is -0.138. The molecule has 3 aliphatic heterocycles. The lowest BCUT2D eigenvalue weighted by Gasteiger charge is -2.36. The molecule has 0 bridgehead atoms. The molecular formula is C19H31N3O3. The summed E-state index contributed by atoms with van der Waals surface area (Å²) in [6, 6.07) is 0.655. The quantitative estimate of drug-likeness (QED) is 0.779. The molecule has 6 nitrogen and oxygen atoms in total. The van der Waals surface area contributed by atoms with Gasteiger partial charge in [0.1, 0.15) is 0 Å². The summed E-state index contributed by atoms with van der Waals surface area (Å²) >= 11 is 0. The maximum atomic E-state index is 13.1. The Bertz CT molecular complexity index is 488. The van der Waals surface area contributed by atoms with E-state index < -0.39 is 0 Å². The minimum Gasteiger partial charge on any atom is -0.381 e. The number of likely N-dealkylation sites (tertiary alicyclic amines) is 2. The van der Waals surface area contributed by atoms with E-state index in [4.69, 9.17) is 4.74 Å². The van der Waals surface area contributed by atoms with Crippen LogP contribution < -0.4 is 0 Å². The summed E-state index contributed by atoms with van der Waals surface area (Å²) in [6.45, 7) is 5.78. The zero-order valence-corrected chi connectivity index (χ0v) is 15.2. The van der Waals surface area contributed by atoms with Gasteiger partial charge in [0.15, 0.2) is 0 Å². The molecule has 1 saturated carbocycles. The molecule has 3 amide bonds. The van der Waals surface area contributed by atoms with Gasteiger partial charge in [-0.15, -0.1) is 0 Å². The summed E-state index contributed by atoms with van der Waals surface area (Å²) in [6.07, 6.45) is 7.30. The van der Waals surface area contributed by atoms with E-state index in [1.165, 1.54) is 0 Å². The number of amides is 3. The fraction of sp³-hybridized carbons (Fsp3) is 0.895. The summed E-state index contributed by atoms with van der Waals surface area (Å²) in [4.78, 5) is 31.7. The Kier molecular flexibility index (Phi) is 5.15. The number of carbonyl (C=O) groups is 2. The maximum absolute atomic E-state index is 13.1. The molecular weight excluding hydrogens is 318 g/mol. The van der Waals surface area contributed by atoms with Crippen molar-refractivity contribution < 1.29 is 14.3 Å². The van der Waals surface area contributed by atoms with Crippen LogP contribution in [-0.2, 0) is 9.53 Å². The molecule has 0 aromatic heterocycles. The lowest BCUT2D eigenvalue weighted by atomic mass is 9.94. The second-order valence-corrected chi connectivity index (χ2v) is 8.19. The van der Waals surface area contributed by atoms with E-state index in [0.29, 0.717) is 17.9 Å². The van der Waals surface area contributed by atoms with Gasteiger partial charge in [-0.25, -0.2) is 4.79 Å². The van der Waals surface area contributed by atoms with E-state index in [1.54, 1.807) is 0 Å². The molecule has 3 heterocycles. The fourth-order valence-corrected chi connectivity index (χ4v) is 4.47. The number of urea groups is 1. The number of rotatable bonds is 4. The summed E-state index contributed by atoms with van der Waals surface area (Å²) in [5, 5.41) is 0. The molecule has 0 aromatic carbocycles. The van der Waals surface area contributed by atoms with Crippen LogP contribution in [0.25, 0.3) is 0 Å². The van der Waals surface area contributed by atoms with Gasteiger partial charge in [-0.2, -0.15) is 0 Å². The van der Waals surface area contributed by atoms with Crippen molar-refractivity contribution in [3.63, 3.8) is 0 Å². The highest BCUT2D eigenvalue weighted by Crippen LogP contribution is 2.32. The first-order valence-electron chi connectivity index (χ1n) is 10.1. The predicted molar refractivity (Wildman–Crippen MR) is 94.2 cm³/mol. The number of ether oxygens (including phenoxy) is 1. The molecule has 1 aliphatic carbocycles. The second kappa shape index (κ2) is 7.52. The largest absolute Gasteiger partial charge is 0.381 e. The number of hydrogen-bond acceptors (Lipinski definition) is 3. The molecule has 6 heteroatoms. The average molecular weight is 349 g/mol. The van der Waals surface area contributed by atoms with Crippen LogP contribution in [0.3, 0.4) is 0 Å². The first kappa shape index (κ1) is 17.1. The van der Waals surface area contributed by atoms with Crippen molar-refractivity contribution in [3.05, 3.63) is 0 Å². The van der Waals surface area contributed by atoms with Crippen LogP contribution in [0.15, 0.2) is 0 Å². The Morgan fingerprint density at radius 3 is 2.20 bits per heavy atom. The molecule has 0 aromatic rings. The van der Waals surface area contributed by atoms with Crippen LogP contribution in [0.2, 0.25) is 0 Å². The van der Waals surface area contributed by atoms with Crippen molar-refractivity contribution in [2.75, 3.05) is 45.9 Å². The summed E-state index contributed by atoms with van der Waals surface area (Å²) in [7, 11) is 0. The normalized spacial score (nSPS) is 27.8. The molecule has 0 spiro atoms. The highest BCUT2D eigenvalue weighted by molar-refractivity contribution is 5.80. The summed E-state index contributed by atoms with van der Waals surface area (Å²) < 4.78 is 5.49. The van der Waals surface area contributed by atoms with Crippen molar-refractivity contribution in [1.82, 2.24) is 14.7 Å². The first-order chi connectivity index (χ1) is 12.2. The number of carbonyl (C=O) groups excluding carboxylic acids is 2. The minimum atomic E-state index is 0.102. The van der Waals surface area contributed by atoms with E-state index in [0.717, 1.165) is 90.9 Å². The first-order valence-corrected chi connectivity index (χ1v) is 10.1. The average Bonchev–Trinajstić information content (AvgIpc) is 3.13. The number of piperidine rings is 1. The van der Waals surface area contributed by atoms with Crippen LogP contribution >= 0.6 is 0 Å². The van der Waals surface area contributed by atoms with Gasteiger partial charge in [-0.1, -0.05) is 0 Å². The minimum absolute atomic E-state index is 0.102. The predicted octanol–water partition coefficient (Wildman–Crippen LogP) is 1.94. The molecule has 4 aliphatic rings. The van der Waals surface area contributed by atoms with E-state index in [1.807, 2.05) is 9.80 Å². The topological polar surface area (TPSA) is 53.1 Å². The highest BCUT2D eigenvalue weighted by atomic mass is 16.5. The van der Waals surface area contributed by atoms with Gasteiger partial charge in [0.25, 0.3) is 0 Å². The second-order valence-electron chi connectivity index (χ2n) is 8.19. The third-order valence-corrected chi connectivity index (χ3v) is 6.24. The molecule has 25 heavy (non-hydrogen) atoms. The molecule has 3 saturated heterocycles. The molecule has 1 unspecified atom stereocenters. The number of nitrogens with zero attached hydrogens (tertiary/aromatic N) is 3. The van der Waals surface area contributed by atoms with E-state index in [2.05, 4.69) is 4.90 Å². The van der Waals surface area contributed by atoms with E-state index in [-0.39, 0.29) is 11.9 Å². The summed E-state index contributed by atoms with van der Waals surface area (Å²) in [5.41, 5.74) is 0. The molecule has 0 radical (unpaired) electrons. The van der Waals surface area contributed by atoms with Gasteiger partial charge in [-0.05, 0) is 44.9 Å². The summed E-state index contributed by atoms with van der Waals surface area (Å²) in [5.74, 6) is 0.953. The van der Waals surface area contributed by atoms with Crippen LogP contribution in [0.4, 0.5) is 4.79 Å². The third-order valence-electron chi connectivity index (χ3n) is 6.24. The van der Waals surface area contributed by atoms with Gasteiger partial charge < -0.3 is 19.4 Å². The Balaban J connectivity index is 1.29. The van der Waals surface area contributed by atoms with E-state index >= 15 is 0 Å². The maximum Gasteiger partial charge on any atom is 0.319 e. The fourth-order valence-electron chi connectivity index (χ4n) is 4.47. The van der Waals surface area contributed by atoms with Gasteiger partial charge >= 0.3 is 6.03 Å². The monoisotopic (exact) mass is 349 g/mol. The van der Waals surface area contributed by atoms with Crippen molar-refractivity contribution in [2.45, 2.75) is 51.0 Å². The molecule has 0 N–H and O–H groups in total. The smallest absolute Gasteiger partial charge is 0.319 e. The zero-order chi connectivity index (χ0) is 17.2. The molecule has 1 atom stereocenters. The Hall–Kier alpha value is -1.30. The van der Waals surface area contributed by atoms with Gasteiger partial charge in [0, 0.05) is 57.2 Å². The van der Waals surface area contributed by atoms with E-state index in [9.17, 15) is 9.59 Å². The Morgan fingerprint density at radius 2 is 1.60 bits per heavy atom. The third kappa shape index (κ3) is 3.94. The highest BCUT2D eigenvalue weighted by Gasteiger charge is 2.39. The van der Waals surface area contributed by atoms with Crippen LogP contribution in [0, 0.1) is 11.8 Å². The zero-order valence-electron chi connectivity index (χ0n) is 15.2. The van der Waals surface area contributed by atoms with Crippen LogP contribution in [-0.4, -0.2) is 78.6 Å². The Labute approximate surface area is 150 Å². The molecule has 4 fully saturated rings. The number of hydrogen-bond donors (Lipinski definition) is 0. The Morgan fingerprint density at radius 1 is 0.920 bits per heavy atom. The molecule has 4 rings (SSSR count). The van der Waals surface area contributed by atoms with Crippen molar-refractivity contribution in [3.8, 4) is 0 Å². The lowest BCUT2D eigenvalue weighted by Crippen LogP contribution is -2.49. The molecule has 140 valence electrons. The standard InChI is InChI=1S/C19H31N3O3/c23-18(22(17-3-4-17)13-15-7-12-25-14-15)16-5-10-21(11-6-16)19(24)20-8-1-2-9-20/h15-17H,1-14H2. The van der Waals surface area contributed by atoms with Crippen LogP contribution in [0.1, 0.15) is 44.9 Å². The van der Waals surface area contributed by atoms with Gasteiger partial charge in [-0.3, -0.25) is 4.79 Å². The van der Waals surface area contributed by atoms with Gasteiger partial charge in [0.2, 0.25) is 5.91 Å². The van der Waals surface area contributed by atoms with Gasteiger partial charge in [0.05, 0.1) is 6.61 Å². The van der Waals surface area contributed by atoms with Crippen molar-refractivity contribution in [1.29, 1.82) is 0 Å². The van der Waals surface area contributed by atoms with Crippen molar-refractivity contribution >= 4 is 11.9 Å². The SMILES string of the molecule is O=C(N1CCCC1)N1CCC(C(=O)N(CC2CCOC2)C2CC2)CC1. The van der Waals surface area contributed by atoms with Crippen LogP contribution in [0.5, 0.6) is 0 Å².